The molecule has 1 amide bonds. The Balaban J connectivity index is 2.66. The number of benzene rings is 1. The van der Waals surface area contributed by atoms with Gasteiger partial charge in [-0.25, -0.2) is 0 Å². The summed E-state index contributed by atoms with van der Waals surface area (Å²) in [4.78, 5) is 23.5. The molecule has 0 heterocycles. The summed E-state index contributed by atoms with van der Waals surface area (Å²) in [6.45, 7) is 10.00. The molecule has 4 heteroatoms. The lowest BCUT2D eigenvalue weighted by molar-refractivity contribution is -0.141. The molecule has 0 aliphatic carbocycles. The van der Waals surface area contributed by atoms with Gasteiger partial charge in [0.05, 0.1) is 5.92 Å². The van der Waals surface area contributed by atoms with Gasteiger partial charge in [-0.2, -0.15) is 0 Å². The van der Waals surface area contributed by atoms with E-state index in [0.29, 0.717) is 6.42 Å². The van der Waals surface area contributed by atoms with Crippen molar-refractivity contribution in [2.75, 3.05) is 6.54 Å². The number of carboxylic acid groups (broad SMARTS) is 1. The van der Waals surface area contributed by atoms with Gasteiger partial charge in [0.15, 0.2) is 0 Å². The molecule has 2 atom stereocenters. The molecular weight excluding hydrogens is 278 g/mol. The van der Waals surface area contributed by atoms with Crippen LogP contribution in [0.2, 0.25) is 0 Å². The Bertz CT molecular complexity index is 531. The van der Waals surface area contributed by atoms with Gasteiger partial charge in [-0.1, -0.05) is 57.5 Å². The minimum Gasteiger partial charge on any atom is -0.481 e. The van der Waals surface area contributed by atoms with Gasteiger partial charge in [-0.05, 0) is 24.3 Å². The zero-order chi connectivity index (χ0) is 16.9. The van der Waals surface area contributed by atoms with Crippen LogP contribution in [0.1, 0.15) is 38.8 Å². The number of hydrogen-bond donors (Lipinski definition) is 2. The number of aliphatic carboxylic acids is 1. The second-order valence-electron chi connectivity index (χ2n) is 7.06. The van der Waals surface area contributed by atoms with E-state index in [0.717, 1.165) is 11.1 Å². The maximum Gasteiger partial charge on any atom is 0.308 e. The lowest BCUT2D eigenvalue weighted by Gasteiger charge is -2.26. The molecular formula is C18H27NO3. The van der Waals surface area contributed by atoms with Crippen molar-refractivity contribution in [1.82, 2.24) is 5.32 Å². The highest BCUT2D eigenvalue weighted by atomic mass is 16.4. The number of carboxylic acids is 1. The highest BCUT2D eigenvalue weighted by Crippen LogP contribution is 2.25. The number of rotatable bonds is 6. The molecule has 1 aromatic rings. The average Bonchev–Trinajstić information content (AvgIpc) is 2.40. The first-order valence-electron chi connectivity index (χ1n) is 7.67. The lowest BCUT2D eigenvalue weighted by atomic mass is 9.81. The third kappa shape index (κ3) is 5.51. The standard InChI is InChI=1S/C18H27NO3/c1-12-7-6-8-14(9-12)10-15(17(21)22)11-19-16(20)13(2)18(3,4)5/h6-9,13,15H,10-11H2,1-5H3,(H,19,20)(H,21,22). The van der Waals surface area contributed by atoms with Crippen LogP contribution in [0.25, 0.3) is 0 Å². The SMILES string of the molecule is Cc1cccc(CC(CNC(=O)C(C)C(C)(C)C)C(=O)O)c1. The highest BCUT2D eigenvalue weighted by molar-refractivity contribution is 5.80. The van der Waals surface area contributed by atoms with E-state index >= 15 is 0 Å². The summed E-state index contributed by atoms with van der Waals surface area (Å²) < 4.78 is 0. The number of amides is 1. The van der Waals surface area contributed by atoms with Gasteiger partial charge in [-0.3, -0.25) is 9.59 Å². The van der Waals surface area contributed by atoms with Gasteiger partial charge in [0.2, 0.25) is 5.91 Å². The van der Waals surface area contributed by atoms with Crippen LogP contribution in [0.4, 0.5) is 0 Å². The molecule has 0 saturated heterocycles. The van der Waals surface area contributed by atoms with Crippen LogP contribution in [0.5, 0.6) is 0 Å². The third-order valence-corrected chi connectivity index (χ3v) is 4.13. The zero-order valence-electron chi connectivity index (χ0n) is 14.1. The lowest BCUT2D eigenvalue weighted by Crippen LogP contribution is -2.40. The van der Waals surface area contributed by atoms with Crippen molar-refractivity contribution in [3.8, 4) is 0 Å². The topological polar surface area (TPSA) is 66.4 Å². The minimum absolute atomic E-state index is 0.0945. The molecule has 0 aromatic heterocycles. The molecule has 22 heavy (non-hydrogen) atoms. The summed E-state index contributed by atoms with van der Waals surface area (Å²) in [6, 6.07) is 7.80. The zero-order valence-corrected chi connectivity index (χ0v) is 14.1. The molecule has 0 saturated carbocycles. The maximum atomic E-state index is 12.1. The molecule has 0 aliphatic rings. The van der Waals surface area contributed by atoms with E-state index < -0.39 is 11.9 Å². The van der Waals surface area contributed by atoms with Crippen molar-refractivity contribution in [3.05, 3.63) is 35.4 Å². The Morgan fingerprint density at radius 2 is 1.91 bits per heavy atom. The quantitative estimate of drug-likeness (QED) is 0.849. The predicted molar refractivity (Wildman–Crippen MR) is 87.6 cm³/mol. The largest absolute Gasteiger partial charge is 0.481 e. The van der Waals surface area contributed by atoms with Gasteiger partial charge in [-0.15, -0.1) is 0 Å². The first-order chi connectivity index (χ1) is 10.1. The minimum atomic E-state index is -0.884. The molecule has 0 fully saturated rings. The van der Waals surface area contributed by atoms with Crippen LogP contribution < -0.4 is 5.32 Å². The molecule has 4 nitrogen and oxygen atoms in total. The number of hydrogen-bond acceptors (Lipinski definition) is 2. The van der Waals surface area contributed by atoms with Crippen molar-refractivity contribution in [2.24, 2.45) is 17.3 Å². The van der Waals surface area contributed by atoms with E-state index in [2.05, 4.69) is 5.32 Å². The van der Waals surface area contributed by atoms with E-state index in [-0.39, 0.29) is 23.8 Å². The highest BCUT2D eigenvalue weighted by Gasteiger charge is 2.28. The first kappa shape index (κ1) is 18.2. The molecule has 122 valence electrons. The van der Waals surface area contributed by atoms with Crippen LogP contribution >= 0.6 is 0 Å². The number of carbonyl (C=O) groups is 2. The predicted octanol–water partition coefficient (Wildman–Crippen LogP) is 3.04. The first-order valence-corrected chi connectivity index (χ1v) is 7.67. The van der Waals surface area contributed by atoms with Gasteiger partial charge >= 0.3 is 5.97 Å². The van der Waals surface area contributed by atoms with Crippen molar-refractivity contribution in [2.45, 2.75) is 41.0 Å². The Hall–Kier alpha value is -1.84. The third-order valence-electron chi connectivity index (χ3n) is 4.13. The molecule has 0 spiro atoms. The summed E-state index contributed by atoms with van der Waals surface area (Å²) in [7, 11) is 0. The fourth-order valence-electron chi connectivity index (χ4n) is 2.14. The summed E-state index contributed by atoms with van der Waals surface area (Å²) in [5.41, 5.74) is 1.94. The monoisotopic (exact) mass is 305 g/mol. The Morgan fingerprint density at radius 3 is 2.41 bits per heavy atom. The van der Waals surface area contributed by atoms with Crippen molar-refractivity contribution in [3.63, 3.8) is 0 Å². The van der Waals surface area contributed by atoms with E-state index in [1.807, 2.05) is 58.9 Å². The van der Waals surface area contributed by atoms with E-state index in [9.17, 15) is 14.7 Å². The summed E-state index contributed by atoms with van der Waals surface area (Å²) in [5.74, 6) is -1.76. The number of aryl methyl sites for hydroxylation is 1. The smallest absolute Gasteiger partial charge is 0.308 e. The molecule has 2 N–H and O–H groups in total. The van der Waals surface area contributed by atoms with Gasteiger partial charge in [0, 0.05) is 12.5 Å². The maximum absolute atomic E-state index is 12.1. The summed E-state index contributed by atoms with van der Waals surface area (Å²) in [6.07, 6.45) is 0.418. The van der Waals surface area contributed by atoms with Crippen molar-refractivity contribution >= 4 is 11.9 Å². The number of nitrogens with one attached hydrogen (secondary N) is 1. The Labute approximate surface area is 132 Å². The Kier molecular flexibility index (Phi) is 6.15. The molecule has 1 aromatic carbocycles. The van der Waals surface area contributed by atoms with E-state index in [4.69, 9.17) is 0 Å². The van der Waals surface area contributed by atoms with Crippen LogP contribution in [0, 0.1) is 24.2 Å². The van der Waals surface area contributed by atoms with Gasteiger partial charge in [0.1, 0.15) is 0 Å². The molecule has 0 radical (unpaired) electrons. The molecule has 2 unspecified atom stereocenters. The molecule has 0 aliphatic heterocycles. The van der Waals surface area contributed by atoms with E-state index in [1.54, 1.807) is 0 Å². The number of carbonyl (C=O) groups excluding carboxylic acids is 1. The summed E-state index contributed by atoms with van der Waals surface area (Å²) in [5, 5.41) is 12.1. The van der Waals surface area contributed by atoms with Crippen LogP contribution in [-0.2, 0) is 16.0 Å². The van der Waals surface area contributed by atoms with Crippen LogP contribution in [0.15, 0.2) is 24.3 Å². The average molecular weight is 305 g/mol. The molecule has 0 bridgehead atoms. The van der Waals surface area contributed by atoms with Crippen LogP contribution in [0.3, 0.4) is 0 Å². The normalized spacial score (nSPS) is 14.2. The van der Waals surface area contributed by atoms with E-state index in [1.165, 1.54) is 0 Å². The van der Waals surface area contributed by atoms with Crippen molar-refractivity contribution in [1.29, 1.82) is 0 Å². The van der Waals surface area contributed by atoms with Crippen molar-refractivity contribution < 1.29 is 14.7 Å². The summed E-state index contributed by atoms with van der Waals surface area (Å²) >= 11 is 0. The fourth-order valence-corrected chi connectivity index (χ4v) is 2.14. The van der Waals surface area contributed by atoms with Crippen LogP contribution in [-0.4, -0.2) is 23.5 Å². The fraction of sp³-hybridized carbons (Fsp3) is 0.556. The second-order valence-corrected chi connectivity index (χ2v) is 7.06. The Morgan fingerprint density at radius 1 is 1.27 bits per heavy atom. The van der Waals surface area contributed by atoms with Gasteiger partial charge < -0.3 is 10.4 Å². The molecule has 1 rings (SSSR count). The van der Waals surface area contributed by atoms with Gasteiger partial charge in [0.25, 0.3) is 0 Å². The second kappa shape index (κ2) is 7.43.